The van der Waals surface area contributed by atoms with Crippen molar-refractivity contribution in [3.05, 3.63) is 60.0 Å². The van der Waals surface area contributed by atoms with Crippen LogP contribution in [-0.2, 0) is 16.4 Å². The van der Waals surface area contributed by atoms with Crippen molar-refractivity contribution in [2.75, 3.05) is 24.2 Å². The van der Waals surface area contributed by atoms with Gasteiger partial charge in [-0.05, 0) is 30.3 Å². The molecule has 1 fully saturated rings. The van der Waals surface area contributed by atoms with Gasteiger partial charge < -0.3 is 9.32 Å². The van der Waals surface area contributed by atoms with Crippen molar-refractivity contribution < 1.29 is 30.8 Å². The van der Waals surface area contributed by atoms with Crippen LogP contribution in [0.25, 0.3) is 11.5 Å². The first-order chi connectivity index (χ1) is 15.6. The second-order valence-electron chi connectivity index (χ2n) is 7.49. The van der Waals surface area contributed by atoms with E-state index in [2.05, 4.69) is 15.2 Å². The number of aromatic nitrogens is 3. The third-order valence-corrected chi connectivity index (χ3v) is 6.60. The topological polar surface area (TPSA) is 110 Å². The normalized spacial score (nSPS) is 14.4. The molecule has 0 aliphatic carbocycles. The second kappa shape index (κ2) is 8.81. The van der Waals surface area contributed by atoms with Gasteiger partial charge in [0.1, 0.15) is 5.82 Å². The Kier molecular flexibility index (Phi) is 6.06. The zero-order valence-electron chi connectivity index (χ0n) is 17.2. The van der Waals surface area contributed by atoms with E-state index in [9.17, 15) is 26.4 Å². The number of benzene rings is 1. The summed E-state index contributed by atoms with van der Waals surface area (Å²) in [7, 11) is -3.27. The molecule has 2 aromatic heterocycles. The van der Waals surface area contributed by atoms with E-state index in [1.807, 2.05) is 0 Å². The van der Waals surface area contributed by atoms with Crippen molar-refractivity contribution in [3.8, 4) is 11.5 Å². The van der Waals surface area contributed by atoms with Gasteiger partial charge in [0.15, 0.2) is 9.84 Å². The number of likely N-dealkylation sites (tertiary alicyclic amines) is 1. The number of nitrogens with zero attached hydrogens (tertiary/aromatic N) is 5. The highest BCUT2D eigenvalue weighted by Gasteiger charge is 2.39. The number of sulfone groups is 1. The quantitative estimate of drug-likeness (QED) is 0.532. The van der Waals surface area contributed by atoms with Crippen molar-refractivity contribution in [1.29, 1.82) is 0 Å². The predicted molar refractivity (Wildman–Crippen MR) is 111 cm³/mol. The van der Waals surface area contributed by atoms with Crippen LogP contribution < -0.4 is 4.90 Å². The molecular weight excluding hydrogens is 463 g/mol. The molecule has 0 atom stereocenters. The lowest BCUT2D eigenvalue weighted by molar-refractivity contribution is 0.116. The van der Waals surface area contributed by atoms with Crippen LogP contribution in [0.1, 0.15) is 18.0 Å². The highest BCUT2D eigenvalue weighted by molar-refractivity contribution is 7.91. The second-order valence-corrected chi connectivity index (χ2v) is 9.82. The van der Waals surface area contributed by atoms with Gasteiger partial charge in [0, 0.05) is 31.2 Å². The molecule has 13 heteroatoms. The Morgan fingerprint density at radius 1 is 1.24 bits per heavy atom. The van der Waals surface area contributed by atoms with E-state index in [1.165, 1.54) is 46.3 Å². The summed E-state index contributed by atoms with van der Waals surface area (Å²) in [6.07, 6.45) is -0.452. The minimum absolute atomic E-state index is 0.0412. The predicted octanol–water partition coefficient (Wildman–Crippen LogP) is 3.06. The molecule has 0 radical (unpaired) electrons. The number of pyridine rings is 1. The maximum Gasteiger partial charge on any atom is 0.324 e. The van der Waals surface area contributed by atoms with E-state index >= 15 is 0 Å². The summed E-state index contributed by atoms with van der Waals surface area (Å²) in [5, 5.41) is 6.18. The zero-order valence-corrected chi connectivity index (χ0v) is 18.0. The molecule has 174 valence electrons. The lowest BCUT2D eigenvalue weighted by atomic mass is 10.2. The van der Waals surface area contributed by atoms with E-state index in [4.69, 9.17) is 4.42 Å². The lowest BCUT2D eigenvalue weighted by Crippen LogP contribution is -2.60. The van der Waals surface area contributed by atoms with Crippen LogP contribution in [-0.4, -0.2) is 59.1 Å². The number of hydrogen-bond acceptors (Lipinski definition) is 7. The Hall–Kier alpha value is -3.48. The van der Waals surface area contributed by atoms with Crippen LogP contribution in [0.5, 0.6) is 0 Å². The minimum atomic E-state index is -3.27. The van der Waals surface area contributed by atoms with Crippen molar-refractivity contribution >= 4 is 21.6 Å². The molecule has 1 aliphatic heterocycles. The van der Waals surface area contributed by atoms with Crippen LogP contribution >= 0.6 is 0 Å². The van der Waals surface area contributed by atoms with Gasteiger partial charge in [-0.3, -0.25) is 9.88 Å². The first-order valence-corrected chi connectivity index (χ1v) is 11.6. The number of anilines is 1. The molecule has 3 aromatic rings. The first kappa shape index (κ1) is 22.7. The maximum atomic E-state index is 13.8. The summed E-state index contributed by atoms with van der Waals surface area (Å²) in [4.78, 5) is 19.9. The van der Waals surface area contributed by atoms with Gasteiger partial charge in [0.25, 0.3) is 5.89 Å². The monoisotopic (exact) mass is 481 g/mol. The molecule has 9 nitrogen and oxygen atoms in total. The average molecular weight is 481 g/mol. The van der Waals surface area contributed by atoms with E-state index in [-0.39, 0.29) is 31.2 Å². The Balaban J connectivity index is 1.54. The van der Waals surface area contributed by atoms with E-state index < -0.39 is 39.3 Å². The summed E-state index contributed by atoms with van der Waals surface area (Å²) in [6.45, 7) is 0.0354. The number of hydrogen-bond donors (Lipinski definition) is 0. The highest BCUT2D eigenvalue weighted by Crippen LogP contribution is 2.26. The molecule has 0 N–H and O–H groups in total. The number of rotatable bonds is 6. The number of urea groups is 1. The third-order valence-electron chi connectivity index (χ3n) is 5.09. The molecular formula is C20H18F3N5O4S. The first-order valence-electron chi connectivity index (χ1n) is 9.69. The summed E-state index contributed by atoms with van der Waals surface area (Å²) < 4.78 is 67.3. The number of alkyl halides is 2. The van der Waals surface area contributed by atoms with E-state index in [0.29, 0.717) is 11.3 Å². The van der Waals surface area contributed by atoms with Gasteiger partial charge in [0.2, 0.25) is 5.89 Å². The summed E-state index contributed by atoms with van der Waals surface area (Å²) >= 11 is 0. The Bertz CT molecular complexity index is 1260. The molecule has 1 aromatic carbocycles. The molecule has 0 bridgehead atoms. The average Bonchev–Trinajstić information content (AvgIpc) is 3.21. The van der Waals surface area contributed by atoms with Gasteiger partial charge in [-0.25, -0.2) is 17.6 Å². The molecule has 0 saturated carbocycles. The van der Waals surface area contributed by atoms with Gasteiger partial charge >= 0.3 is 12.5 Å². The Morgan fingerprint density at radius 3 is 2.58 bits per heavy atom. The van der Waals surface area contributed by atoms with Gasteiger partial charge in [0.05, 0.1) is 23.1 Å². The van der Waals surface area contributed by atoms with Crippen LogP contribution in [0.2, 0.25) is 0 Å². The summed E-state index contributed by atoms with van der Waals surface area (Å²) in [5.74, 6) is -1.48. The Morgan fingerprint density at radius 2 is 2.00 bits per heavy atom. The molecule has 33 heavy (non-hydrogen) atoms. The van der Waals surface area contributed by atoms with Crippen molar-refractivity contribution in [3.63, 3.8) is 0 Å². The SMILES string of the molecule is CS(=O)(=O)C1CN(C(=O)N(Cc2ccc(-c3nnc(C(F)F)o3)cn2)c2cccc(F)c2)C1. The third kappa shape index (κ3) is 4.97. The minimum Gasteiger partial charge on any atom is -0.415 e. The van der Waals surface area contributed by atoms with Crippen LogP contribution in [0.15, 0.2) is 47.0 Å². The fourth-order valence-electron chi connectivity index (χ4n) is 3.20. The van der Waals surface area contributed by atoms with E-state index in [0.717, 1.165) is 6.26 Å². The van der Waals surface area contributed by atoms with Gasteiger partial charge in [-0.15, -0.1) is 10.2 Å². The standard InChI is InChI=1S/C20H18F3N5O4S/c1-33(30,31)16-10-27(11-16)20(29)28(15-4-2-3-13(21)7-15)9-14-6-5-12(8-24-14)18-25-26-19(32-18)17(22)23/h2-8,16-17H,9-11H2,1H3. The smallest absolute Gasteiger partial charge is 0.324 e. The zero-order chi connectivity index (χ0) is 23.8. The number of amides is 2. The number of halogens is 3. The highest BCUT2D eigenvalue weighted by atomic mass is 32.2. The van der Waals surface area contributed by atoms with Crippen molar-refractivity contribution in [2.45, 2.75) is 18.2 Å². The molecule has 3 heterocycles. The largest absolute Gasteiger partial charge is 0.415 e. The maximum absolute atomic E-state index is 13.8. The molecule has 1 saturated heterocycles. The molecule has 0 spiro atoms. The summed E-state index contributed by atoms with van der Waals surface area (Å²) in [5.41, 5.74) is 0.984. The lowest BCUT2D eigenvalue weighted by Gasteiger charge is -2.40. The molecule has 2 amide bonds. The summed E-state index contributed by atoms with van der Waals surface area (Å²) in [6, 6.07) is 7.98. The molecule has 4 rings (SSSR count). The van der Waals surface area contributed by atoms with Crippen LogP contribution in [0.3, 0.4) is 0 Å². The van der Waals surface area contributed by atoms with Crippen molar-refractivity contribution in [1.82, 2.24) is 20.1 Å². The fraction of sp³-hybridized carbons (Fsp3) is 0.300. The Labute approximate surface area is 186 Å². The van der Waals surface area contributed by atoms with Gasteiger partial charge in [-0.1, -0.05) is 6.07 Å². The van der Waals surface area contributed by atoms with Crippen molar-refractivity contribution in [2.24, 2.45) is 0 Å². The van der Waals surface area contributed by atoms with Crippen LogP contribution in [0.4, 0.5) is 23.7 Å². The van der Waals surface area contributed by atoms with E-state index in [1.54, 1.807) is 6.07 Å². The number of carbonyl (C=O) groups excluding carboxylic acids is 1. The fourth-order valence-corrected chi connectivity index (χ4v) is 4.10. The molecule has 1 aliphatic rings. The van der Waals surface area contributed by atoms with Crippen LogP contribution in [0, 0.1) is 5.82 Å². The number of carbonyl (C=O) groups is 1. The molecule has 0 unspecified atom stereocenters. The van der Waals surface area contributed by atoms with Gasteiger partial charge in [-0.2, -0.15) is 8.78 Å².